The lowest BCUT2D eigenvalue weighted by Crippen LogP contribution is -2.30. The summed E-state index contributed by atoms with van der Waals surface area (Å²) < 4.78 is 5.73. The Balaban J connectivity index is 1.53. The Labute approximate surface area is 154 Å². The van der Waals surface area contributed by atoms with Crippen LogP contribution in [-0.2, 0) is 0 Å². The van der Waals surface area contributed by atoms with Crippen molar-refractivity contribution < 1.29 is 4.74 Å². The van der Waals surface area contributed by atoms with Gasteiger partial charge in [0.15, 0.2) is 0 Å². The SMILES string of the molecule is C/C=C/COc1ccc(C2CC[C@@H]3C[C@H](C=CCC)CC[C@@H]3C2)cc1. The van der Waals surface area contributed by atoms with E-state index in [1.807, 2.05) is 19.1 Å². The van der Waals surface area contributed by atoms with Crippen LogP contribution in [0.4, 0.5) is 0 Å². The van der Waals surface area contributed by atoms with Crippen molar-refractivity contribution in [1.82, 2.24) is 0 Å². The fourth-order valence-corrected chi connectivity index (χ4v) is 4.81. The van der Waals surface area contributed by atoms with E-state index in [1.165, 1.54) is 50.5 Å². The van der Waals surface area contributed by atoms with Crippen LogP contribution >= 0.6 is 0 Å². The van der Waals surface area contributed by atoms with Crippen molar-refractivity contribution in [3.63, 3.8) is 0 Å². The Hall–Kier alpha value is -1.50. The first-order valence-electron chi connectivity index (χ1n) is 10.3. The van der Waals surface area contributed by atoms with Crippen molar-refractivity contribution in [3.8, 4) is 5.75 Å². The standard InChI is InChI=1S/C24H34O/c1-3-5-7-19-8-9-23-18-22(11-10-21(23)17-19)20-12-14-24(15-13-20)25-16-6-4-2/h4-7,12-15,19,21-23H,3,8-11,16-18H2,1-2H3/b6-4+,7-5?/t19-,21-,22?,23-/m1/s1. The van der Waals surface area contributed by atoms with Crippen molar-refractivity contribution >= 4 is 0 Å². The van der Waals surface area contributed by atoms with Crippen molar-refractivity contribution in [1.29, 1.82) is 0 Å². The van der Waals surface area contributed by atoms with E-state index in [1.54, 1.807) is 0 Å². The first kappa shape index (κ1) is 18.3. The molecule has 0 aromatic heterocycles. The van der Waals surface area contributed by atoms with Gasteiger partial charge in [0.1, 0.15) is 12.4 Å². The lowest BCUT2D eigenvalue weighted by molar-refractivity contribution is 0.133. The van der Waals surface area contributed by atoms with Crippen LogP contribution in [0, 0.1) is 17.8 Å². The van der Waals surface area contributed by atoms with Crippen LogP contribution in [0.25, 0.3) is 0 Å². The molecule has 136 valence electrons. The molecule has 0 saturated heterocycles. The summed E-state index contributed by atoms with van der Waals surface area (Å²) in [6, 6.07) is 8.89. The second kappa shape index (κ2) is 9.27. The average molecular weight is 339 g/mol. The lowest BCUT2D eigenvalue weighted by atomic mass is 9.64. The summed E-state index contributed by atoms with van der Waals surface area (Å²) in [7, 11) is 0. The summed E-state index contributed by atoms with van der Waals surface area (Å²) in [6.07, 6.45) is 18.6. The van der Waals surface area contributed by atoms with Gasteiger partial charge < -0.3 is 4.74 Å². The summed E-state index contributed by atoms with van der Waals surface area (Å²) in [5.41, 5.74) is 1.52. The van der Waals surface area contributed by atoms with Crippen LogP contribution in [0.3, 0.4) is 0 Å². The van der Waals surface area contributed by atoms with Gasteiger partial charge in [-0.25, -0.2) is 0 Å². The summed E-state index contributed by atoms with van der Waals surface area (Å²) in [4.78, 5) is 0. The van der Waals surface area contributed by atoms with Crippen LogP contribution in [0.2, 0.25) is 0 Å². The van der Waals surface area contributed by atoms with Gasteiger partial charge in [0.25, 0.3) is 0 Å². The molecule has 0 bridgehead atoms. The molecule has 0 spiro atoms. The third kappa shape index (κ3) is 5.00. The number of hydrogen-bond donors (Lipinski definition) is 0. The number of fused-ring (bicyclic) bond motifs is 1. The molecule has 0 radical (unpaired) electrons. The van der Waals surface area contributed by atoms with Gasteiger partial charge in [-0.2, -0.15) is 0 Å². The molecular formula is C24H34O. The molecule has 1 aromatic carbocycles. The highest BCUT2D eigenvalue weighted by molar-refractivity contribution is 5.30. The summed E-state index contributed by atoms with van der Waals surface area (Å²) in [5.74, 6) is 4.52. The number of hydrogen-bond acceptors (Lipinski definition) is 1. The van der Waals surface area contributed by atoms with Gasteiger partial charge >= 0.3 is 0 Å². The normalized spacial score (nSPS) is 29.8. The molecule has 1 aromatic rings. The van der Waals surface area contributed by atoms with Gasteiger partial charge in [0.2, 0.25) is 0 Å². The molecule has 25 heavy (non-hydrogen) atoms. The largest absolute Gasteiger partial charge is 0.490 e. The molecule has 0 heterocycles. The van der Waals surface area contributed by atoms with E-state index in [-0.39, 0.29) is 0 Å². The quantitative estimate of drug-likeness (QED) is 0.512. The Kier molecular flexibility index (Phi) is 6.78. The minimum absolute atomic E-state index is 0.663. The molecule has 2 saturated carbocycles. The van der Waals surface area contributed by atoms with E-state index in [2.05, 4.69) is 43.3 Å². The zero-order valence-corrected chi connectivity index (χ0v) is 16.0. The van der Waals surface area contributed by atoms with Crippen LogP contribution in [-0.4, -0.2) is 6.61 Å². The maximum Gasteiger partial charge on any atom is 0.119 e. The topological polar surface area (TPSA) is 9.23 Å². The Bertz CT molecular complexity index is 568. The molecule has 3 rings (SSSR count). The monoisotopic (exact) mass is 338 g/mol. The fraction of sp³-hybridized carbons (Fsp3) is 0.583. The Morgan fingerprint density at radius 1 is 0.960 bits per heavy atom. The average Bonchev–Trinajstić information content (AvgIpc) is 2.66. The van der Waals surface area contributed by atoms with Crippen LogP contribution in [0.1, 0.15) is 70.3 Å². The summed E-state index contributed by atoms with van der Waals surface area (Å²) in [5, 5.41) is 0. The molecule has 1 nitrogen and oxygen atoms in total. The highest BCUT2D eigenvalue weighted by Gasteiger charge is 2.35. The number of ether oxygens (including phenoxy) is 1. The first-order chi connectivity index (χ1) is 12.3. The molecular weight excluding hydrogens is 304 g/mol. The lowest BCUT2D eigenvalue weighted by Gasteiger charge is -2.41. The molecule has 2 aliphatic carbocycles. The van der Waals surface area contributed by atoms with Crippen molar-refractivity contribution in [2.24, 2.45) is 17.8 Å². The van der Waals surface area contributed by atoms with Gasteiger partial charge in [-0.15, -0.1) is 0 Å². The molecule has 1 heteroatoms. The van der Waals surface area contributed by atoms with E-state index >= 15 is 0 Å². The van der Waals surface area contributed by atoms with E-state index in [0.29, 0.717) is 6.61 Å². The third-order valence-electron chi connectivity index (χ3n) is 6.23. The fourth-order valence-electron chi connectivity index (χ4n) is 4.81. The Morgan fingerprint density at radius 3 is 2.48 bits per heavy atom. The van der Waals surface area contributed by atoms with E-state index in [4.69, 9.17) is 4.74 Å². The van der Waals surface area contributed by atoms with E-state index in [9.17, 15) is 0 Å². The van der Waals surface area contributed by atoms with Gasteiger partial charge in [-0.1, -0.05) is 43.4 Å². The maximum absolute atomic E-state index is 5.73. The zero-order valence-electron chi connectivity index (χ0n) is 16.0. The van der Waals surface area contributed by atoms with Crippen LogP contribution in [0.15, 0.2) is 48.6 Å². The maximum atomic E-state index is 5.73. The minimum Gasteiger partial charge on any atom is -0.490 e. The highest BCUT2D eigenvalue weighted by atomic mass is 16.5. The predicted octanol–water partition coefficient (Wildman–Crippen LogP) is 6.91. The van der Waals surface area contributed by atoms with Gasteiger partial charge in [0.05, 0.1) is 0 Å². The number of allylic oxidation sites excluding steroid dienone is 3. The van der Waals surface area contributed by atoms with Crippen LogP contribution < -0.4 is 4.74 Å². The molecule has 2 fully saturated rings. The highest BCUT2D eigenvalue weighted by Crippen LogP contribution is 2.47. The minimum atomic E-state index is 0.663. The summed E-state index contributed by atoms with van der Waals surface area (Å²) in [6.45, 7) is 4.93. The molecule has 1 unspecified atom stereocenters. The van der Waals surface area contributed by atoms with E-state index in [0.717, 1.165) is 29.4 Å². The molecule has 0 N–H and O–H groups in total. The molecule has 0 amide bonds. The van der Waals surface area contributed by atoms with Crippen molar-refractivity contribution in [2.45, 2.75) is 64.7 Å². The molecule has 2 aliphatic rings. The second-order valence-corrected chi connectivity index (χ2v) is 7.89. The molecule has 0 aliphatic heterocycles. The van der Waals surface area contributed by atoms with Crippen LogP contribution in [0.5, 0.6) is 5.75 Å². The number of benzene rings is 1. The third-order valence-corrected chi connectivity index (χ3v) is 6.23. The molecule has 4 atom stereocenters. The first-order valence-corrected chi connectivity index (χ1v) is 10.3. The zero-order chi connectivity index (χ0) is 17.5. The predicted molar refractivity (Wildman–Crippen MR) is 107 cm³/mol. The number of rotatable bonds is 6. The summed E-state index contributed by atoms with van der Waals surface area (Å²) >= 11 is 0. The van der Waals surface area contributed by atoms with E-state index < -0.39 is 0 Å². The van der Waals surface area contributed by atoms with Gasteiger partial charge in [-0.05, 0) is 93.2 Å². The Morgan fingerprint density at radius 2 is 1.72 bits per heavy atom. The van der Waals surface area contributed by atoms with Gasteiger partial charge in [-0.3, -0.25) is 0 Å². The van der Waals surface area contributed by atoms with Crippen molar-refractivity contribution in [2.75, 3.05) is 6.61 Å². The second-order valence-electron chi connectivity index (χ2n) is 7.89. The van der Waals surface area contributed by atoms with Gasteiger partial charge in [0, 0.05) is 0 Å². The van der Waals surface area contributed by atoms with Crippen molar-refractivity contribution in [3.05, 3.63) is 54.1 Å². The smallest absolute Gasteiger partial charge is 0.119 e.